The molecule has 0 spiro atoms. The number of rotatable bonds is 2. The molecule has 0 N–H and O–H groups in total. The molecule has 0 bridgehead atoms. The predicted octanol–water partition coefficient (Wildman–Crippen LogP) is 3.18. The summed E-state index contributed by atoms with van der Waals surface area (Å²) in [4.78, 5) is 9.52. The molecule has 29 heavy (non-hydrogen) atoms. The number of fused-ring (bicyclic) bond motifs is 5. The van der Waals surface area contributed by atoms with Gasteiger partial charge in [0, 0.05) is 6.42 Å². The molecule has 4 aromatic rings. The Bertz CT molecular complexity index is 1250. The largest absolute Gasteiger partial charge is 0.474 e. The number of aromatic nitrogens is 5. The van der Waals surface area contributed by atoms with Crippen LogP contribution in [0.2, 0.25) is 0 Å². The quantitative estimate of drug-likeness (QED) is 0.470. The fourth-order valence-corrected chi connectivity index (χ4v) is 4.04. The molecule has 2 aromatic carbocycles. The van der Waals surface area contributed by atoms with Gasteiger partial charge in [-0.15, -0.1) is 5.10 Å². The fourth-order valence-electron chi connectivity index (χ4n) is 4.04. The van der Waals surface area contributed by atoms with Crippen LogP contribution < -0.4 is 0 Å². The van der Waals surface area contributed by atoms with Crippen molar-refractivity contribution in [2.75, 3.05) is 6.61 Å². The van der Waals surface area contributed by atoms with Crippen molar-refractivity contribution in [2.45, 2.75) is 19.4 Å². The molecule has 0 radical (unpaired) electrons. The third-order valence-electron chi connectivity index (χ3n) is 5.49. The summed E-state index contributed by atoms with van der Waals surface area (Å²) in [6.07, 6.45) is 4.30. The van der Waals surface area contributed by atoms with Gasteiger partial charge in [-0.05, 0) is 30.2 Å². The Labute approximate surface area is 167 Å². The van der Waals surface area contributed by atoms with Crippen LogP contribution in [-0.2, 0) is 11.2 Å². The van der Waals surface area contributed by atoms with Gasteiger partial charge in [0.2, 0.25) is 5.90 Å². The van der Waals surface area contributed by atoms with E-state index in [0.29, 0.717) is 18.9 Å². The molecule has 7 heteroatoms. The summed E-state index contributed by atoms with van der Waals surface area (Å²) < 4.78 is 10.0. The smallest absolute Gasteiger partial charge is 0.238 e. The topological polar surface area (TPSA) is 70.1 Å². The van der Waals surface area contributed by atoms with Gasteiger partial charge < -0.3 is 4.74 Å². The highest BCUT2D eigenvalue weighted by molar-refractivity contribution is 5.95. The first kappa shape index (κ1) is 16.2. The maximum atomic E-state index is 5.98. The molecule has 4 heterocycles. The van der Waals surface area contributed by atoms with Crippen LogP contribution in [0.4, 0.5) is 0 Å². The number of hydrogen-bond donors (Lipinski definition) is 0. The lowest BCUT2D eigenvalue weighted by Gasteiger charge is -2.10. The van der Waals surface area contributed by atoms with E-state index in [4.69, 9.17) is 9.73 Å². The van der Waals surface area contributed by atoms with Gasteiger partial charge in [0.1, 0.15) is 24.7 Å². The van der Waals surface area contributed by atoms with Crippen LogP contribution >= 0.6 is 0 Å². The maximum absolute atomic E-state index is 5.98. The van der Waals surface area contributed by atoms with E-state index in [1.807, 2.05) is 35.4 Å². The third-order valence-corrected chi connectivity index (χ3v) is 5.49. The van der Waals surface area contributed by atoms with Gasteiger partial charge in [-0.1, -0.05) is 41.6 Å². The van der Waals surface area contributed by atoms with E-state index in [-0.39, 0.29) is 6.04 Å². The number of nitrogens with zero attached hydrogens (tertiary/aromatic N) is 6. The second-order valence-electron chi connectivity index (χ2n) is 7.39. The van der Waals surface area contributed by atoms with Gasteiger partial charge in [0.15, 0.2) is 0 Å². The van der Waals surface area contributed by atoms with Crippen LogP contribution in [0.3, 0.4) is 0 Å². The summed E-state index contributed by atoms with van der Waals surface area (Å²) in [5, 5.41) is 8.44. The van der Waals surface area contributed by atoms with Crippen molar-refractivity contribution in [3.8, 4) is 11.4 Å². The van der Waals surface area contributed by atoms with Crippen molar-refractivity contribution in [3.05, 3.63) is 89.3 Å². The molecule has 0 fully saturated rings. The van der Waals surface area contributed by atoms with E-state index in [0.717, 1.165) is 34.0 Å². The molecule has 2 aromatic heterocycles. The molecule has 2 aliphatic rings. The molecule has 2 aliphatic heterocycles. The minimum Gasteiger partial charge on any atom is -0.474 e. The van der Waals surface area contributed by atoms with Crippen molar-refractivity contribution in [3.63, 3.8) is 0 Å². The monoisotopic (exact) mass is 382 g/mol. The van der Waals surface area contributed by atoms with Gasteiger partial charge in [-0.25, -0.2) is 14.7 Å². The van der Waals surface area contributed by atoms with E-state index in [2.05, 4.69) is 57.1 Å². The SMILES string of the molecule is Cc1ccc2c(c1)-n1nncc1Cc1c(C3=N[C@H](c4ccccc4)CO3)ncn1-2. The van der Waals surface area contributed by atoms with Crippen LogP contribution in [0.5, 0.6) is 0 Å². The Kier molecular flexibility index (Phi) is 3.43. The first-order valence-electron chi connectivity index (χ1n) is 9.61. The molecular weight excluding hydrogens is 364 g/mol. The number of aliphatic imine (C=N–C) groups is 1. The lowest BCUT2D eigenvalue weighted by atomic mass is 10.1. The lowest BCUT2D eigenvalue weighted by molar-refractivity contribution is 0.319. The molecule has 6 rings (SSSR count). The van der Waals surface area contributed by atoms with E-state index < -0.39 is 0 Å². The zero-order chi connectivity index (χ0) is 19.4. The number of ether oxygens (including phenoxy) is 1. The highest BCUT2D eigenvalue weighted by atomic mass is 16.5. The second-order valence-corrected chi connectivity index (χ2v) is 7.39. The van der Waals surface area contributed by atoms with Gasteiger partial charge in [-0.2, -0.15) is 0 Å². The second kappa shape index (κ2) is 6.13. The summed E-state index contributed by atoms with van der Waals surface area (Å²) in [6, 6.07) is 16.5. The normalized spacial score (nSPS) is 17.0. The molecule has 0 amide bonds. The molecule has 0 unspecified atom stereocenters. The van der Waals surface area contributed by atoms with E-state index in [9.17, 15) is 0 Å². The minimum absolute atomic E-state index is 0.00328. The van der Waals surface area contributed by atoms with Crippen molar-refractivity contribution >= 4 is 5.90 Å². The summed E-state index contributed by atoms with van der Waals surface area (Å²) in [6.45, 7) is 2.60. The van der Waals surface area contributed by atoms with Crippen molar-refractivity contribution in [1.82, 2.24) is 24.5 Å². The Morgan fingerprint density at radius 2 is 1.97 bits per heavy atom. The average molecular weight is 382 g/mol. The van der Waals surface area contributed by atoms with Crippen LogP contribution in [0.1, 0.15) is 34.3 Å². The first-order valence-corrected chi connectivity index (χ1v) is 9.61. The molecule has 0 saturated carbocycles. The zero-order valence-electron chi connectivity index (χ0n) is 15.9. The van der Waals surface area contributed by atoms with E-state index >= 15 is 0 Å². The standard InChI is InChI=1S/C22H18N6O/c1-14-7-8-18-19(9-14)28-16(11-24-26-28)10-20-21(23-13-27(18)20)22-25-17(12-29-22)15-5-3-2-4-6-15/h2-9,11,13,17H,10,12H2,1H3/t17-/m0/s1. The van der Waals surface area contributed by atoms with Crippen molar-refractivity contribution < 1.29 is 4.74 Å². The van der Waals surface area contributed by atoms with Crippen molar-refractivity contribution in [1.29, 1.82) is 0 Å². The highest BCUT2D eigenvalue weighted by Crippen LogP contribution is 2.31. The molecule has 1 atom stereocenters. The molecule has 0 saturated heterocycles. The zero-order valence-corrected chi connectivity index (χ0v) is 15.9. The first-order chi connectivity index (χ1) is 14.3. The summed E-state index contributed by atoms with van der Waals surface area (Å²) in [7, 11) is 0. The summed E-state index contributed by atoms with van der Waals surface area (Å²) in [5.74, 6) is 0.599. The Balaban J connectivity index is 1.48. The summed E-state index contributed by atoms with van der Waals surface area (Å²) in [5.41, 5.74) is 7.16. The number of aryl methyl sites for hydroxylation is 1. The fraction of sp³-hybridized carbons (Fsp3) is 0.182. The highest BCUT2D eigenvalue weighted by Gasteiger charge is 2.29. The van der Waals surface area contributed by atoms with Crippen LogP contribution in [0.15, 0.2) is 66.0 Å². The van der Waals surface area contributed by atoms with Crippen LogP contribution in [0, 0.1) is 6.92 Å². The molecule has 0 aliphatic carbocycles. The van der Waals surface area contributed by atoms with Gasteiger partial charge in [0.05, 0.1) is 29.0 Å². The van der Waals surface area contributed by atoms with E-state index in [1.165, 1.54) is 5.56 Å². The lowest BCUT2D eigenvalue weighted by Crippen LogP contribution is -2.08. The Hall–Kier alpha value is -3.74. The molecule has 142 valence electrons. The number of hydrogen-bond acceptors (Lipinski definition) is 5. The van der Waals surface area contributed by atoms with E-state index in [1.54, 1.807) is 0 Å². The predicted molar refractivity (Wildman–Crippen MR) is 108 cm³/mol. The van der Waals surface area contributed by atoms with Crippen molar-refractivity contribution in [2.24, 2.45) is 4.99 Å². The molecular formula is C22H18N6O. The Morgan fingerprint density at radius 1 is 1.07 bits per heavy atom. The van der Waals surface area contributed by atoms with Crippen LogP contribution in [0.25, 0.3) is 11.4 Å². The summed E-state index contributed by atoms with van der Waals surface area (Å²) >= 11 is 0. The van der Waals surface area contributed by atoms with Crippen LogP contribution in [-0.4, -0.2) is 37.0 Å². The average Bonchev–Trinajstić information content (AvgIpc) is 3.48. The third kappa shape index (κ3) is 2.51. The molecule has 7 nitrogen and oxygen atoms in total. The minimum atomic E-state index is -0.00328. The number of imidazole rings is 1. The maximum Gasteiger partial charge on any atom is 0.238 e. The Morgan fingerprint density at radius 3 is 2.86 bits per heavy atom. The number of benzene rings is 2. The van der Waals surface area contributed by atoms with Gasteiger partial charge in [0.25, 0.3) is 0 Å². The van der Waals surface area contributed by atoms with Gasteiger partial charge in [-0.3, -0.25) is 4.57 Å². The van der Waals surface area contributed by atoms with Gasteiger partial charge >= 0.3 is 0 Å².